The molecule has 0 radical (unpaired) electrons. The third kappa shape index (κ3) is 8.27. The third-order valence-electron chi connectivity index (χ3n) is 5.06. The fourth-order valence-corrected chi connectivity index (χ4v) is 3.45. The van der Waals surface area contributed by atoms with Gasteiger partial charge in [0.25, 0.3) is 0 Å². The molecule has 0 saturated carbocycles. The fourth-order valence-electron chi connectivity index (χ4n) is 3.45. The Morgan fingerprint density at radius 2 is 1.87 bits per heavy atom. The van der Waals surface area contributed by atoms with Gasteiger partial charge in [0.15, 0.2) is 0 Å². The summed E-state index contributed by atoms with van der Waals surface area (Å²) < 4.78 is 5.18. The summed E-state index contributed by atoms with van der Waals surface area (Å²) in [5.74, 6) is -2.44. The molecule has 1 aromatic rings. The van der Waals surface area contributed by atoms with Gasteiger partial charge in [-0.15, -0.1) is 0 Å². The van der Waals surface area contributed by atoms with Crippen molar-refractivity contribution in [3.63, 3.8) is 0 Å². The van der Waals surface area contributed by atoms with E-state index < -0.39 is 36.0 Å². The van der Waals surface area contributed by atoms with E-state index in [4.69, 9.17) is 4.74 Å². The lowest BCUT2D eigenvalue weighted by molar-refractivity contribution is -0.143. The van der Waals surface area contributed by atoms with Gasteiger partial charge in [-0.25, -0.2) is 9.59 Å². The molecule has 0 aromatic heterocycles. The quantitative estimate of drug-likeness (QED) is 0.445. The van der Waals surface area contributed by atoms with Crippen LogP contribution in [0.2, 0.25) is 0 Å². The number of amides is 3. The maximum Gasteiger partial charge on any atom is 0.408 e. The maximum atomic E-state index is 12.8. The molecule has 3 amide bonds. The predicted molar refractivity (Wildman–Crippen MR) is 113 cm³/mol. The summed E-state index contributed by atoms with van der Waals surface area (Å²) in [5, 5.41) is 17.3. The molecule has 1 saturated heterocycles. The van der Waals surface area contributed by atoms with E-state index in [1.165, 1.54) is 0 Å². The normalized spacial score (nSPS) is 17.9. The van der Waals surface area contributed by atoms with Crippen LogP contribution in [0.5, 0.6) is 0 Å². The first-order chi connectivity index (χ1) is 14.8. The van der Waals surface area contributed by atoms with Crippen LogP contribution in [-0.2, 0) is 25.7 Å². The lowest BCUT2D eigenvalue weighted by Gasteiger charge is -2.26. The molecule has 1 heterocycles. The maximum absolute atomic E-state index is 12.8. The number of benzene rings is 1. The van der Waals surface area contributed by atoms with Crippen LogP contribution in [0, 0.1) is 11.8 Å². The molecule has 0 bridgehead atoms. The number of nitrogens with one attached hydrogen (secondary N) is 3. The minimum atomic E-state index is -1.22. The number of piperidine rings is 1. The average molecular weight is 434 g/mol. The van der Waals surface area contributed by atoms with E-state index in [1.54, 1.807) is 0 Å². The number of hydrogen-bond donors (Lipinski definition) is 4. The molecule has 9 heteroatoms. The van der Waals surface area contributed by atoms with Gasteiger partial charge >= 0.3 is 12.1 Å². The van der Waals surface area contributed by atoms with Gasteiger partial charge < -0.3 is 25.8 Å². The second kappa shape index (κ2) is 11.9. The standard InChI is InChI=1S/C22H31N3O6/c1-14(2)11-17(25-22(30)31-13-15-7-4-3-5-8-15)20(27)24-18(21(28)29)12-16-9-6-10-23-19(16)26/h3-5,7-8,14,16-18H,6,9-13H2,1-2H3,(H,23,26)(H,24,27)(H,25,30)(H,28,29)/t16-,17?,18?/m0/s1. The molecule has 2 rings (SSSR count). The molecule has 2 unspecified atom stereocenters. The van der Waals surface area contributed by atoms with Gasteiger partial charge in [-0.05, 0) is 37.2 Å². The van der Waals surface area contributed by atoms with E-state index in [9.17, 15) is 24.3 Å². The summed E-state index contributed by atoms with van der Waals surface area (Å²) in [5.41, 5.74) is 0.805. The summed E-state index contributed by atoms with van der Waals surface area (Å²) >= 11 is 0. The van der Waals surface area contributed by atoms with Crippen molar-refractivity contribution in [2.75, 3.05) is 6.54 Å². The summed E-state index contributed by atoms with van der Waals surface area (Å²) in [6, 6.07) is 6.94. The zero-order valence-electron chi connectivity index (χ0n) is 17.9. The zero-order chi connectivity index (χ0) is 22.8. The first kappa shape index (κ1) is 24.2. The van der Waals surface area contributed by atoms with Crippen LogP contribution >= 0.6 is 0 Å². The first-order valence-corrected chi connectivity index (χ1v) is 10.5. The number of aliphatic carboxylic acids is 1. The van der Waals surface area contributed by atoms with Crippen LogP contribution in [0.15, 0.2) is 30.3 Å². The average Bonchev–Trinajstić information content (AvgIpc) is 2.73. The summed E-state index contributed by atoms with van der Waals surface area (Å²) in [4.78, 5) is 48.6. The molecule has 31 heavy (non-hydrogen) atoms. The van der Waals surface area contributed by atoms with Crippen molar-refractivity contribution in [1.82, 2.24) is 16.0 Å². The number of carbonyl (C=O) groups is 4. The first-order valence-electron chi connectivity index (χ1n) is 10.5. The summed E-state index contributed by atoms with van der Waals surface area (Å²) in [6.45, 7) is 4.40. The smallest absolute Gasteiger partial charge is 0.408 e. The minimum absolute atomic E-state index is 0.000239. The number of carboxylic acids is 1. The second-order valence-corrected chi connectivity index (χ2v) is 8.15. The molecule has 1 aromatic carbocycles. The highest BCUT2D eigenvalue weighted by Crippen LogP contribution is 2.18. The molecule has 1 fully saturated rings. The third-order valence-corrected chi connectivity index (χ3v) is 5.06. The van der Waals surface area contributed by atoms with Gasteiger partial charge in [-0.1, -0.05) is 44.2 Å². The molecule has 1 aliphatic heterocycles. The number of alkyl carbamates (subject to hydrolysis) is 1. The van der Waals surface area contributed by atoms with Gasteiger partial charge in [-0.3, -0.25) is 9.59 Å². The summed E-state index contributed by atoms with van der Waals surface area (Å²) in [7, 11) is 0. The summed E-state index contributed by atoms with van der Waals surface area (Å²) in [6.07, 6.45) is 0.887. The Bertz CT molecular complexity index is 768. The van der Waals surface area contributed by atoms with Crippen LogP contribution in [0.25, 0.3) is 0 Å². The molecule has 3 atom stereocenters. The molecular formula is C22H31N3O6. The highest BCUT2D eigenvalue weighted by molar-refractivity contribution is 5.89. The van der Waals surface area contributed by atoms with E-state index in [2.05, 4.69) is 16.0 Å². The monoisotopic (exact) mass is 433 g/mol. The van der Waals surface area contributed by atoms with Gasteiger partial charge in [0.05, 0.1) is 0 Å². The van der Waals surface area contributed by atoms with Gasteiger partial charge in [0.1, 0.15) is 18.7 Å². The highest BCUT2D eigenvalue weighted by atomic mass is 16.5. The van der Waals surface area contributed by atoms with Crippen molar-refractivity contribution in [2.24, 2.45) is 11.8 Å². The lowest BCUT2D eigenvalue weighted by Crippen LogP contribution is -2.53. The van der Waals surface area contributed by atoms with Crippen LogP contribution in [-0.4, -0.2) is 47.6 Å². The minimum Gasteiger partial charge on any atom is -0.480 e. The lowest BCUT2D eigenvalue weighted by atomic mass is 9.91. The molecule has 1 aliphatic rings. The van der Waals surface area contributed by atoms with E-state index >= 15 is 0 Å². The van der Waals surface area contributed by atoms with E-state index in [1.807, 2.05) is 44.2 Å². The Kier molecular flexibility index (Phi) is 9.30. The Labute approximate surface area is 181 Å². The molecule has 0 aliphatic carbocycles. The molecule has 170 valence electrons. The molecular weight excluding hydrogens is 402 g/mol. The van der Waals surface area contributed by atoms with Gasteiger partial charge in [0, 0.05) is 12.5 Å². The topological polar surface area (TPSA) is 134 Å². The van der Waals surface area contributed by atoms with Crippen LogP contribution in [0.1, 0.15) is 45.1 Å². The highest BCUT2D eigenvalue weighted by Gasteiger charge is 2.32. The Morgan fingerprint density at radius 3 is 2.48 bits per heavy atom. The van der Waals surface area contributed by atoms with Crippen molar-refractivity contribution in [3.05, 3.63) is 35.9 Å². The second-order valence-electron chi connectivity index (χ2n) is 8.15. The Balaban J connectivity index is 1.96. The Morgan fingerprint density at radius 1 is 1.16 bits per heavy atom. The predicted octanol–water partition coefficient (Wildman–Crippen LogP) is 1.81. The van der Waals surface area contributed by atoms with Crippen LogP contribution < -0.4 is 16.0 Å². The molecule has 9 nitrogen and oxygen atoms in total. The fraction of sp³-hybridized carbons (Fsp3) is 0.545. The molecule has 4 N–H and O–H groups in total. The van der Waals surface area contributed by atoms with Gasteiger partial charge in [0.2, 0.25) is 11.8 Å². The number of rotatable bonds is 10. The van der Waals surface area contributed by atoms with Gasteiger partial charge in [-0.2, -0.15) is 0 Å². The van der Waals surface area contributed by atoms with Crippen molar-refractivity contribution in [1.29, 1.82) is 0 Å². The van der Waals surface area contributed by atoms with Crippen molar-refractivity contribution < 1.29 is 29.0 Å². The number of hydrogen-bond acceptors (Lipinski definition) is 5. The number of carbonyl (C=O) groups excluding carboxylic acids is 3. The zero-order valence-corrected chi connectivity index (χ0v) is 17.9. The largest absolute Gasteiger partial charge is 0.480 e. The van der Waals surface area contributed by atoms with Crippen LogP contribution in [0.3, 0.4) is 0 Å². The number of carboxylic acid groups (broad SMARTS) is 1. The van der Waals surface area contributed by atoms with E-state index in [-0.39, 0.29) is 24.9 Å². The van der Waals surface area contributed by atoms with Crippen molar-refractivity contribution >= 4 is 23.9 Å². The Hall–Kier alpha value is -3.10. The van der Waals surface area contributed by atoms with Crippen LogP contribution in [0.4, 0.5) is 4.79 Å². The number of ether oxygens (including phenoxy) is 1. The van der Waals surface area contributed by atoms with Crippen molar-refractivity contribution in [2.45, 2.75) is 58.2 Å². The molecule has 0 spiro atoms. The van der Waals surface area contributed by atoms with Crippen molar-refractivity contribution in [3.8, 4) is 0 Å². The SMILES string of the molecule is CC(C)CC(NC(=O)OCc1ccccc1)C(=O)NC(C[C@@H]1CCCNC1=O)C(=O)O. The van der Waals surface area contributed by atoms with E-state index in [0.29, 0.717) is 19.4 Å². The van der Waals surface area contributed by atoms with E-state index in [0.717, 1.165) is 12.0 Å².